The van der Waals surface area contributed by atoms with Crippen molar-refractivity contribution in [2.45, 2.75) is 6.54 Å². The van der Waals surface area contributed by atoms with Gasteiger partial charge in [0.15, 0.2) is 0 Å². The molecule has 0 amide bonds. The van der Waals surface area contributed by atoms with Crippen LogP contribution < -0.4 is 10.2 Å². The van der Waals surface area contributed by atoms with E-state index in [9.17, 15) is 0 Å². The van der Waals surface area contributed by atoms with Crippen molar-refractivity contribution in [3.05, 3.63) is 29.8 Å². The van der Waals surface area contributed by atoms with Gasteiger partial charge in [-0.15, -0.1) is 0 Å². The molecule has 0 saturated carbocycles. The highest BCUT2D eigenvalue weighted by molar-refractivity contribution is 5.26. The van der Waals surface area contributed by atoms with Gasteiger partial charge in [0.25, 0.3) is 0 Å². The van der Waals surface area contributed by atoms with Gasteiger partial charge in [0.2, 0.25) is 0 Å². The van der Waals surface area contributed by atoms with E-state index in [-0.39, 0.29) is 0 Å². The van der Waals surface area contributed by atoms with Gasteiger partial charge in [0.1, 0.15) is 12.5 Å². The Balaban J connectivity index is 2.55. The largest absolute Gasteiger partial charge is 0.497 e. The Morgan fingerprint density at radius 1 is 1.20 bits per heavy atom. The summed E-state index contributed by atoms with van der Waals surface area (Å²) in [6.45, 7) is 1.36. The van der Waals surface area contributed by atoms with Gasteiger partial charge < -0.3 is 9.47 Å². The van der Waals surface area contributed by atoms with Crippen molar-refractivity contribution >= 4 is 0 Å². The molecular formula is C11H18N2O2. The molecule has 0 heterocycles. The van der Waals surface area contributed by atoms with Gasteiger partial charge in [0, 0.05) is 13.7 Å². The fourth-order valence-corrected chi connectivity index (χ4v) is 1.30. The Kier molecular flexibility index (Phi) is 5.10. The summed E-state index contributed by atoms with van der Waals surface area (Å²) in [5.74, 6) is 0.876. The average Bonchev–Trinajstić information content (AvgIpc) is 2.29. The third kappa shape index (κ3) is 3.87. The Morgan fingerprint density at radius 3 is 2.33 bits per heavy atom. The van der Waals surface area contributed by atoms with Gasteiger partial charge in [-0.1, -0.05) is 12.1 Å². The lowest BCUT2D eigenvalue weighted by atomic mass is 10.2. The normalized spacial score (nSPS) is 10.7. The second-order valence-corrected chi connectivity index (χ2v) is 3.19. The van der Waals surface area contributed by atoms with E-state index in [0.717, 1.165) is 12.3 Å². The highest BCUT2D eigenvalue weighted by Gasteiger charge is 2.02. The summed E-state index contributed by atoms with van der Waals surface area (Å²) in [5.41, 5.74) is 4.27. The van der Waals surface area contributed by atoms with Crippen molar-refractivity contribution in [3.63, 3.8) is 0 Å². The molecular weight excluding hydrogens is 192 g/mol. The van der Waals surface area contributed by atoms with E-state index in [0.29, 0.717) is 6.73 Å². The molecule has 84 valence electrons. The molecule has 0 atom stereocenters. The molecule has 1 aromatic rings. The number of benzene rings is 1. The molecule has 15 heavy (non-hydrogen) atoms. The molecule has 0 bridgehead atoms. The van der Waals surface area contributed by atoms with E-state index in [2.05, 4.69) is 5.43 Å². The third-order valence-corrected chi connectivity index (χ3v) is 2.13. The van der Waals surface area contributed by atoms with Gasteiger partial charge in [0.05, 0.1) is 7.11 Å². The van der Waals surface area contributed by atoms with Crippen LogP contribution in [-0.4, -0.2) is 33.0 Å². The second kappa shape index (κ2) is 6.40. The predicted octanol–water partition coefficient (Wildman–Crippen LogP) is 1.24. The summed E-state index contributed by atoms with van der Waals surface area (Å²) < 4.78 is 10.1. The van der Waals surface area contributed by atoms with Gasteiger partial charge in [-0.25, -0.2) is 5.01 Å². The Morgan fingerprint density at radius 2 is 1.87 bits per heavy atom. The minimum absolute atomic E-state index is 0.558. The molecule has 1 aromatic carbocycles. The lowest BCUT2D eigenvalue weighted by Crippen LogP contribution is -2.35. The average molecular weight is 210 g/mol. The quantitative estimate of drug-likeness (QED) is 0.565. The first kappa shape index (κ1) is 12.0. The lowest BCUT2D eigenvalue weighted by molar-refractivity contribution is 0.0277. The maximum Gasteiger partial charge on any atom is 0.118 e. The van der Waals surface area contributed by atoms with E-state index in [1.807, 2.05) is 36.3 Å². The minimum Gasteiger partial charge on any atom is -0.497 e. The number of ether oxygens (including phenoxy) is 2. The molecule has 4 heteroatoms. The van der Waals surface area contributed by atoms with Gasteiger partial charge in [-0.05, 0) is 24.7 Å². The first-order chi connectivity index (χ1) is 7.30. The Hall–Kier alpha value is -1.10. The summed E-state index contributed by atoms with van der Waals surface area (Å²) in [4.78, 5) is 0. The van der Waals surface area contributed by atoms with Gasteiger partial charge in [-0.3, -0.25) is 5.43 Å². The maximum absolute atomic E-state index is 5.09. The first-order valence-electron chi connectivity index (χ1n) is 4.84. The van der Waals surface area contributed by atoms with Gasteiger partial charge in [-0.2, -0.15) is 0 Å². The number of rotatable bonds is 6. The molecule has 1 N–H and O–H groups in total. The number of hydrogen-bond acceptors (Lipinski definition) is 4. The van der Waals surface area contributed by atoms with E-state index in [4.69, 9.17) is 9.47 Å². The highest BCUT2D eigenvalue weighted by Crippen LogP contribution is 2.12. The van der Waals surface area contributed by atoms with Crippen LogP contribution >= 0.6 is 0 Å². The van der Waals surface area contributed by atoms with Crippen molar-refractivity contribution in [1.82, 2.24) is 10.4 Å². The molecule has 0 fully saturated rings. The summed E-state index contributed by atoms with van der Waals surface area (Å²) in [6, 6.07) is 7.99. The molecule has 0 aromatic heterocycles. The molecule has 0 aliphatic heterocycles. The highest BCUT2D eigenvalue weighted by atomic mass is 16.5. The molecule has 4 nitrogen and oxygen atoms in total. The molecule has 0 unspecified atom stereocenters. The Bertz CT molecular complexity index is 274. The van der Waals surface area contributed by atoms with Crippen molar-refractivity contribution in [2.24, 2.45) is 0 Å². The van der Waals surface area contributed by atoms with Gasteiger partial charge >= 0.3 is 0 Å². The van der Waals surface area contributed by atoms with E-state index >= 15 is 0 Å². The van der Waals surface area contributed by atoms with Crippen LogP contribution in [0.3, 0.4) is 0 Å². The number of methoxy groups -OCH3 is 2. The number of nitrogens with zero attached hydrogens (tertiary/aromatic N) is 1. The summed E-state index contributed by atoms with van der Waals surface area (Å²) in [7, 11) is 5.22. The molecule has 0 saturated heterocycles. The Labute approximate surface area is 90.8 Å². The fraction of sp³-hybridized carbons (Fsp3) is 0.455. The summed E-state index contributed by atoms with van der Waals surface area (Å²) >= 11 is 0. The van der Waals surface area contributed by atoms with E-state index < -0.39 is 0 Å². The van der Waals surface area contributed by atoms with Crippen molar-refractivity contribution in [3.8, 4) is 5.75 Å². The monoisotopic (exact) mass is 210 g/mol. The lowest BCUT2D eigenvalue weighted by Gasteiger charge is -2.19. The minimum atomic E-state index is 0.558. The molecule has 1 rings (SSSR count). The molecule has 0 radical (unpaired) electrons. The predicted molar refractivity (Wildman–Crippen MR) is 59.5 cm³/mol. The maximum atomic E-state index is 5.09. The van der Waals surface area contributed by atoms with E-state index in [1.54, 1.807) is 14.2 Å². The van der Waals surface area contributed by atoms with Crippen LogP contribution in [0.15, 0.2) is 24.3 Å². The topological polar surface area (TPSA) is 33.7 Å². The fourth-order valence-electron chi connectivity index (χ4n) is 1.30. The SMILES string of the molecule is CNN(COC)Cc1ccc(OC)cc1. The van der Waals surface area contributed by atoms with Crippen molar-refractivity contribution in [2.75, 3.05) is 28.0 Å². The third-order valence-electron chi connectivity index (χ3n) is 2.13. The first-order valence-corrected chi connectivity index (χ1v) is 4.84. The van der Waals surface area contributed by atoms with Crippen LogP contribution in [0.1, 0.15) is 5.56 Å². The molecule has 0 aliphatic carbocycles. The van der Waals surface area contributed by atoms with Crippen LogP contribution in [0, 0.1) is 0 Å². The summed E-state index contributed by atoms with van der Waals surface area (Å²) in [5, 5.41) is 1.97. The number of hydrazine groups is 1. The van der Waals surface area contributed by atoms with Crippen LogP contribution in [-0.2, 0) is 11.3 Å². The van der Waals surface area contributed by atoms with Crippen LogP contribution in [0.5, 0.6) is 5.75 Å². The van der Waals surface area contributed by atoms with Crippen LogP contribution in [0.25, 0.3) is 0 Å². The summed E-state index contributed by atoms with van der Waals surface area (Å²) in [6.07, 6.45) is 0. The van der Waals surface area contributed by atoms with E-state index in [1.165, 1.54) is 5.56 Å². The van der Waals surface area contributed by atoms with Crippen molar-refractivity contribution < 1.29 is 9.47 Å². The van der Waals surface area contributed by atoms with Crippen LogP contribution in [0.4, 0.5) is 0 Å². The molecule has 0 spiro atoms. The zero-order valence-electron chi connectivity index (χ0n) is 9.49. The molecule has 0 aliphatic rings. The second-order valence-electron chi connectivity index (χ2n) is 3.19. The number of nitrogens with one attached hydrogen (secondary N) is 1. The number of hydrogen-bond donors (Lipinski definition) is 1. The smallest absolute Gasteiger partial charge is 0.118 e. The standard InChI is InChI=1S/C11H18N2O2/c1-12-13(9-14-2)8-10-4-6-11(15-3)7-5-10/h4-7,12H,8-9H2,1-3H3. The zero-order valence-corrected chi connectivity index (χ0v) is 9.49. The van der Waals surface area contributed by atoms with Crippen molar-refractivity contribution in [1.29, 1.82) is 0 Å². The van der Waals surface area contributed by atoms with Crippen LogP contribution in [0.2, 0.25) is 0 Å². The zero-order chi connectivity index (χ0) is 11.1.